The van der Waals surface area contributed by atoms with Gasteiger partial charge in [-0.2, -0.15) is 0 Å². The third-order valence-electron chi connectivity index (χ3n) is 1.97. The van der Waals surface area contributed by atoms with Crippen LogP contribution in [0.25, 0.3) is 11.5 Å². The quantitative estimate of drug-likeness (QED) is 0.780. The normalized spacial score (nSPS) is 10.4. The highest BCUT2D eigenvalue weighted by molar-refractivity contribution is 5.52. The molecule has 0 fully saturated rings. The fraction of sp³-hybridized carbons (Fsp3) is 0.200. The molecule has 0 bridgehead atoms. The van der Waals surface area contributed by atoms with Crippen molar-refractivity contribution in [3.8, 4) is 11.5 Å². The average molecular weight is 190 g/mol. The molecule has 14 heavy (non-hydrogen) atoms. The number of oxazole rings is 1. The first-order valence-corrected chi connectivity index (χ1v) is 4.29. The Morgan fingerprint density at radius 3 is 2.64 bits per heavy atom. The third-order valence-corrected chi connectivity index (χ3v) is 1.97. The number of rotatable bonds is 2. The minimum absolute atomic E-state index is 0.0968. The van der Waals surface area contributed by atoms with Gasteiger partial charge in [0.1, 0.15) is 11.5 Å². The maximum absolute atomic E-state index is 8.94. The van der Waals surface area contributed by atoms with Crippen LogP contribution in [0.15, 0.2) is 28.9 Å². The molecule has 0 aliphatic carbocycles. The maximum Gasteiger partial charge on any atom is 0.226 e. The van der Waals surface area contributed by atoms with E-state index in [4.69, 9.17) is 9.52 Å². The monoisotopic (exact) mass is 190 g/mol. The summed E-state index contributed by atoms with van der Waals surface area (Å²) in [5.41, 5.74) is 1.44. The molecule has 0 aromatic carbocycles. The molecule has 4 heteroatoms. The van der Waals surface area contributed by atoms with E-state index in [1.807, 2.05) is 12.1 Å². The van der Waals surface area contributed by atoms with Gasteiger partial charge in [-0.05, 0) is 19.1 Å². The molecule has 2 rings (SSSR count). The molecule has 2 aromatic heterocycles. The van der Waals surface area contributed by atoms with Crippen molar-refractivity contribution >= 4 is 0 Å². The van der Waals surface area contributed by atoms with Gasteiger partial charge in [-0.3, -0.25) is 4.98 Å². The van der Waals surface area contributed by atoms with Crippen LogP contribution in [0.2, 0.25) is 0 Å². The lowest BCUT2D eigenvalue weighted by molar-refractivity contribution is 0.275. The Balaban J connectivity index is 2.43. The third kappa shape index (κ3) is 1.52. The average Bonchev–Trinajstić information content (AvgIpc) is 2.61. The summed E-state index contributed by atoms with van der Waals surface area (Å²) in [5.74, 6) is 1.17. The molecule has 0 aliphatic rings. The molecule has 4 nitrogen and oxygen atoms in total. The molecule has 2 aromatic rings. The summed E-state index contributed by atoms with van der Waals surface area (Å²) in [7, 11) is 0. The predicted molar refractivity (Wildman–Crippen MR) is 50.4 cm³/mol. The molecule has 0 aliphatic heterocycles. The number of aryl methyl sites for hydroxylation is 1. The largest absolute Gasteiger partial charge is 0.441 e. The van der Waals surface area contributed by atoms with Crippen molar-refractivity contribution in [2.45, 2.75) is 13.5 Å². The van der Waals surface area contributed by atoms with Crippen LogP contribution < -0.4 is 0 Å². The molecule has 0 atom stereocenters. The summed E-state index contributed by atoms with van der Waals surface area (Å²) in [6.07, 6.45) is 3.35. The number of hydrogen-bond donors (Lipinski definition) is 1. The van der Waals surface area contributed by atoms with E-state index in [1.54, 1.807) is 19.3 Å². The van der Waals surface area contributed by atoms with Gasteiger partial charge in [-0.25, -0.2) is 4.98 Å². The van der Waals surface area contributed by atoms with Crippen molar-refractivity contribution in [3.63, 3.8) is 0 Å². The standard InChI is InChI=1S/C10H10N2O2/c1-7-9(6-13)12-10(14-7)8-2-4-11-5-3-8/h2-5,13H,6H2,1H3. The van der Waals surface area contributed by atoms with Gasteiger partial charge in [0.25, 0.3) is 0 Å². The van der Waals surface area contributed by atoms with E-state index in [0.29, 0.717) is 17.3 Å². The molecular weight excluding hydrogens is 180 g/mol. The summed E-state index contributed by atoms with van der Waals surface area (Å²) in [4.78, 5) is 8.06. The molecular formula is C10H10N2O2. The lowest BCUT2D eigenvalue weighted by atomic mass is 10.3. The molecule has 0 unspecified atom stereocenters. The Labute approximate surface area is 81.2 Å². The highest BCUT2D eigenvalue weighted by Crippen LogP contribution is 2.20. The van der Waals surface area contributed by atoms with Gasteiger partial charge in [0.15, 0.2) is 0 Å². The highest BCUT2D eigenvalue weighted by atomic mass is 16.4. The fourth-order valence-corrected chi connectivity index (χ4v) is 1.19. The van der Waals surface area contributed by atoms with Gasteiger partial charge in [0.05, 0.1) is 6.61 Å². The Bertz CT molecular complexity index is 423. The van der Waals surface area contributed by atoms with Gasteiger partial charge in [0.2, 0.25) is 5.89 Å². The first kappa shape index (κ1) is 8.90. The van der Waals surface area contributed by atoms with Crippen LogP contribution in [0.4, 0.5) is 0 Å². The van der Waals surface area contributed by atoms with Crippen molar-refractivity contribution in [3.05, 3.63) is 36.0 Å². The number of aromatic nitrogens is 2. The Kier molecular flexibility index (Phi) is 2.28. The van der Waals surface area contributed by atoms with Crippen molar-refractivity contribution in [1.29, 1.82) is 0 Å². The minimum Gasteiger partial charge on any atom is -0.441 e. The van der Waals surface area contributed by atoms with Crippen molar-refractivity contribution in [2.24, 2.45) is 0 Å². The smallest absolute Gasteiger partial charge is 0.226 e. The van der Waals surface area contributed by atoms with Gasteiger partial charge < -0.3 is 9.52 Å². The predicted octanol–water partition coefficient (Wildman–Crippen LogP) is 1.54. The van der Waals surface area contributed by atoms with Crippen LogP contribution in [0, 0.1) is 6.92 Å². The van der Waals surface area contributed by atoms with Crippen LogP contribution in [0.5, 0.6) is 0 Å². The zero-order valence-electron chi connectivity index (χ0n) is 7.77. The van der Waals surface area contributed by atoms with E-state index in [-0.39, 0.29) is 6.61 Å². The summed E-state index contributed by atoms with van der Waals surface area (Å²) in [6.45, 7) is 1.68. The van der Waals surface area contributed by atoms with E-state index in [0.717, 1.165) is 5.56 Å². The molecule has 1 N–H and O–H groups in total. The first-order chi connectivity index (χ1) is 6.81. The Morgan fingerprint density at radius 2 is 2.07 bits per heavy atom. The Morgan fingerprint density at radius 1 is 1.36 bits per heavy atom. The maximum atomic E-state index is 8.94. The second-order valence-electron chi connectivity index (χ2n) is 2.92. The fourth-order valence-electron chi connectivity index (χ4n) is 1.19. The first-order valence-electron chi connectivity index (χ1n) is 4.29. The number of nitrogens with zero attached hydrogens (tertiary/aromatic N) is 2. The summed E-state index contributed by atoms with van der Waals surface area (Å²) < 4.78 is 5.39. The highest BCUT2D eigenvalue weighted by Gasteiger charge is 2.09. The molecule has 72 valence electrons. The van der Waals surface area contributed by atoms with Gasteiger partial charge in [-0.15, -0.1) is 0 Å². The SMILES string of the molecule is Cc1oc(-c2ccncc2)nc1CO. The van der Waals surface area contributed by atoms with Crippen LogP contribution in [0.1, 0.15) is 11.5 Å². The zero-order chi connectivity index (χ0) is 9.97. The molecule has 2 heterocycles. The van der Waals surface area contributed by atoms with E-state index < -0.39 is 0 Å². The minimum atomic E-state index is -0.0968. The second kappa shape index (κ2) is 3.59. The van der Waals surface area contributed by atoms with Crippen LogP contribution in [-0.2, 0) is 6.61 Å². The second-order valence-corrected chi connectivity index (χ2v) is 2.92. The van der Waals surface area contributed by atoms with E-state index in [1.165, 1.54) is 0 Å². The van der Waals surface area contributed by atoms with Crippen LogP contribution in [0.3, 0.4) is 0 Å². The Hall–Kier alpha value is -1.68. The number of pyridine rings is 1. The van der Waals surface area contributed by atoms with Crippen molar-refractivity contribution in [1.82, 2.24) is 9.97 Å². The van der Waals surface area contributed by atoms with Crippen LogP contribution in [-0.4, -0.2) is 15.1 Å². The zero-order valence-corrected chi connectivity index (χ0v) is 7.77. The summed E-state index contributed by atoms with van der Waals surface area (Å²) in [5, 5.41) is 8.94. The van der Waals surface area contributed by atoms with E-state index >= 15 is 0 Å². The number of aliphatic hydroxyl groups excluding tert-OH is 1. The van der Waals surface area contributed by atoms with Gasteiger partial charge in [-0.1, -0.05) is 0 Å². The number of hydrogen-bond acceptors (Lipinski definition) is 4. The molecule has 0 radical (unpaired) electrons. The van der Waals surface area contributed by atoms with Gasteiger partial charge >= 0.3 is 0 Å². The van der Waals surface area contributed by atoms with E-state index in [9.17, 15) is 0 Å². The summed E-state index contributed by atoms with van der Waals surface area (Å²) in [6, 6.07) is 3.62. The molecule has 0 saturated carbocycles. The topological polar surface area (TPSA) is 59.2 Å². The molecule has 0 amide bonds. The lowest BCUT2D eigenvalue weighted by Gasteiger charge is -1.91. The van der Waals surface area contributed by atoms with Gasteiger partial charge in [0, 0.05) is 18.0 Å². The van der Waals surface area contributed by atoms with E-state index in [2.05, 4.69) is 9.97 Å². The number of aliphatic hydroxyl groups is 1. The lowest BCUT2D eigenvalue weighted by Crippen LogP contribution is -1.85. The van der Waals surface area contributed by atoms with Crippen LogP contribution >= 0.6 is 0 Å². The van der Waals surface area contributed by atoms with Crippen molar-refractivity contribution < 1.29 is 9.52 Å². The molecule has 0 saturated heterocycles. The van der Waals surface area contributed by atoms with Crippen molar-refractivity contribution in [2.75, 3.05) is 0 Å². The molecule has 0 spiro atoms. The summed E-state index contributed by atoms with van der Waals surface area (Å²) >= 11 is 0.